The molecule has 1 aliphatic rings. The first-order chi connectivity index (χ1) is 14.4. The number of hydrogen-bond donors (Lipinski definition) is 1. The van der Waals surface area contributed by atoms with E-state index in [9.17, 15) is 0 Å². The Morgan fingerprint density at radius 1 is 0.483 bits per heavy atom. The molecule has 0 unspecified atom stereocenters. The Morgan fingerprint density at radius 3 is 1.38 bits per heavy atom. The van der Waals surface area contributed by atoms with Crippen molar-refractivity contribution in [3.8, 4) is 0 Å². The molecule has 29 heavy (non-hydrogen) atoms. The minimum Gasteiger partial charge on any atom is -0.457 e. The molecule has 0 spiro atoms. The highest BCUT2D eigenvalue weighted by Gasteiger charge is 2.44. The van der Waals surface area contributed by atoms with Crippen LogP contribution in [0.5, 0.6) is 0 Å². The molecule has 140 valence electrons. The summed E-state index contributed by atoms with van der Waals surface area (Å²) in [7, 11) is 0. The summed E-state index contributed by atoms with van der Waals surface area (Å²) in [6.45, 7) is 0. The molecule has 0 atom stereocenters. The van der Waals surface area contributed by atoms with Crippen molar-refractivity contribution in [1.82, 2.24) is 5.32 Å². The number of ether oxygens (including phenoxy) is 1. The Kier molecular flexibility index (Phi) is 4.38. The van der Waals surface area contributed by atoms with Gasteiger partial charge in [-0.15, -0.1) is 0 Å². The third kappa shape index (κ3) is 3.09. The average Bonchev–Trinajstić information content (AvgIpc) is 3.24. The first-order valence-corrected chi connectivity index (χ1v) is 9.80. The van der Waals surface area contributed by atoms with Gasteiger partial charge in [-0.05, 0) is 0 Å². The molecule has 4 aromatic carbocycles. The summed E-state index contributed by atoms with van der Waals surface area (Å²) in [6, 6.07) is 41.3. The molecule has 0 bridgehead atoms. The lowest BCUT2D eigenvalue weighted by Crippen LogP contribution is -2.40. The van der Waals surface area contributed by atoms with Gasteiger partial charge in [-0.2, -0.15) is 0 Å². The molecule has 0 aromatic heterocycles. The summed E-state index contributed by atoms with van der Waals surface area (Å²) >= 11 is 0. The van der Waals surface area contributed by atoms with Gasteiger partial charge >= 0.3 is 0 Å². The highest BCUT2D eigenvalue weighted by molar-refractivity contribution is 5.89. The zero-order valence-corrected chi connectivity index (χ0v) is 16.0. The molecular formula is C27H21NO. The predicted octanol–water partition coefficient (Wildman–Crippen LogP) is 6.03. The maximum Gasteiger partial charge on any atom is 0.233 e. The van der Waals surface area contributed by atoms with E-state index >= 15 is 0 Å². The van der Waals surface area contributed by atoms with Crippen LogP contribution in [-0.2, 0) is 10.5 Å². The smallest absolute Gasteiger partial charge is 0.233 e. The number of rotatable bonds is 4. The molecule has 0 amide bonds. The van der Waals surface area contributed by atoms with E-state index in [2.05, 4.69) is 66.0 Å². The van der Waals surface area contributed by atoms with E-state index < -0.39 is 5.72 Å². The first-order valence-electron chi connectivity index (χ1n) is 9.80. The highest BCUT2D eigenvalue weighted by Crippen LogP contribution is 2.45. The lowest BCUT2D eigenvalue weighted by molar-refractivity contribution is 0.0797. The van der Waals surface area contributed by atoms with Crippen molar-refractivity contribution in [1.29, 1.82) is 0 Å². The van der Waals surface area contributed by atoms with Crippen molar-refractivity contribution in [2.75, 3.05) is 0 Å². The van der Waals surface area contributed by atoms with Gasteiger partial charge in [0.2, 0.25) is 5.72 Å². The van der Waals surface area contributed by atoms with Crippen molar-refractivity contribution in [2.24, 2.45) is 0 Å². The molecule has 0 fully saturated rings. The first kappa shape index (κ1) is 17.3. The fraction of sp³-hybridized carbons (Fsp3) is 0.0370. The molecule has 0 saturated carbocycles. The van der Waals surface area contributed by atoms with Crippen LogP contribution in [0.25, 0.3) is 11.5 Å². The van der Waals surface area contributed by atoms with Gasteiger partial charge in [-0.1, -0.05) is 121 Å². The van der Waals surface area contributed by atoms with Crippen LogP contribution >= 0.6 is 0 Å². The lowest BCUT2D eigenvalue weighted by atomic mass is 9.94. The van der Waals surface area contributed by atoms with E-state index in [0.717, 1.165) is 33.7 Å². The van der Waals surface area contributed by atoms with E-state index in [-0.39, 0.29) is 0 Å². The highest BCUT2D eigenvalue weighted by atomic mass is 16.5. The molecule has 1 aliphatic heterocycles. The maximum atomic E-state index is 6.84. The SMILES string of the molecule is c1ccc(C2=C(c3ccccc3)OC(c3ccccc3)(c3ccccc3)N2)cc1. The fourth-order valence-corrected chi connectivity index (χ4v) is 3.84. The molecule has 0 aliphatic carbocycles. The Labute approximate surface area is 171 Å². The Hall–Kier alpha value is -3.78. The number of hydrogen-bond acceptors (Lipinski definition) is 2. The molecular weight excluding hydrogens is 354 g/mol. The molecule has 2 nitrogen and oxygen atoms in total. The zero-order chi connectivity index (χ0) is 19.5. The van der Waals surface area contributed by atoms with E-state index in [1.807, 2.05) is 60.7 Å². The van der Waals surface area contributed by atoms with Gasteiger partial charge in [0.25, 0.3) is 0 Å². The quantitative estimate of drug-likeness (QED) is 0.470. The Morgan fingerprint density at radius 2 is 0.897 bits per heavy atom. The second kappa shape index (κ2) is 7.33. The number of nitrogens with one attached hydrogen (secondary N) is 1. The maximum absolute atomic E-state index is 6.84. The van der Waals surface area contributed by atoms with Crippen LogP contribution in [0.2, 0.25) is 0 Å². The monoisotopic (exact) mass is 375 g/mol. The summed E-state index contributed by atoms with van der Waals surface area (Å²) in [5.41, 5.74) is 4.46. The van der Waals surface area contributed by atoms with Gasteiger partial charge in [-0.3, -0.25) is 0 Å². The molecule has 1 N–H and O–H groups in total. The van der Waals surface area contributed by atoms with E-state index in [1.54, 1.807) is 0 Å². The summed E-state index contributed by atoms with van der Waals surface area (Å²) in [4.78, 5) is 0. The van der Waals surface area contributed by atoms with Gasteiger partial charge in [0, 0.05) is 22.3 Å². The average molecular weight is 375 g/mol. The Bertz CT molecular complexity index is 1030. The summed E-state index contributed by atoms with van der Waals surface area (Å²) in [5.74, 6) is 0.851. The van der Waals surface area contributed by atoms with Gasteiger partial charge in [-0.25, -0.2) is 0 Å². The molecule has 0 radical (unpaired) electrons. The predicted molar refractivity (Wildman–Crippen MR) is 118 cm³/mol. The third-order valence-electron chi connectivity index (χ3n) is 5.24. The van der Waals surface area contributed by atoms with Crippen LogP contribution in [0, 0.1) is 0 Å². The minimum absolute atomic E-state index is 0.793. The van der Waals surface area contributed by atoms with Crippen LogP contribution in [0.4, 0.5) is 0 Å². The van der Waals surface area contributed by atoms with Crippen LogP contribution in [0.3, 0.4) is 0 Å². The van der Waals surface area contributed by atoms with Crippen molar-refractivity contribution >= 4 is 11.5 Å². The van der Waals surface area contributed by atoms with Crippen molar-refractivity contribution in [3.63, 3.8) is 0 Å². The van der Waals surface area contributed by atoms with Gasteiger partial charge in [0.05, 0.1) is 5.70 Å². The topological polar surface area (TPSA) is 21.3 Å². The summed E-state index contributed by atoms with van der Waals surface area (Å²) < 4.78 is 6.84. The third-order valence-corrected chi connectivity index (χ3v) is 5.24. The van der Waals surface area contributed by atoms with Gasteiger partial charge in [0.1, 0.15) is 0 Å². The van der Waals surface area contributed by atoms with Crippen LogP contribution in [0.15, 0.2) is 121 Å². The normalized spacial score (nSPS) is 14.9. The largest absolute Gasteiger partial charge is 0.457 e. The molecule has 0 saturated heterocycles. The number of benzene rings is 4. The van der Waals surface area contributed by atoms with Gasteiger partial charge < -0.3 is 10.1 Å². The molecule has 5 rings (SSSR count). The zero-order valence-electron chi connectivity index (χ0n) is 16.0. The van der Waals surface area contributed by atoms with E-state index in [1.165, 1.54) is 0 Å². The second-order valence-corrected chi connectivity index (χ2v) is 7.08. The molecule has 2 heteroatoms. The summed E-state index contributed by atoms with van der Waals surface area (Å²) in [5, 5.41) is 3.76. The van der Waals surface area contributed by atoms with Crippen LogP contribution in [0.1, 0.15) is 22.3 Å². The van der Waals surface area contributed by atoms with E-state index in [4.69, 9.17) is 4.74 Å². The van der Waals surface area contributed by atoms with Crippen LogP contribution in [-0.4, -0.2) is 0 Å². The Balaban J connectivity index is 1.72. The van der Waals surface area contributed by atoms with Crippen LogP contribution < -0.4 is 5.32 Å². The van der Waals surface area contributed by atoms with E-state index in [0.29, 0.717) is 0 Å². The standard InChI is InChI=1S/C27H21NO/c1-5-13-21(14-6-1)25-26(22-15-7-2-8-16-22)29-27(28-25,23-17-9-3-10-18-23)24-19-11-4-12-20-24/h1-20,28H. The van der Waals surface area contributed by atoms with Crippen molar-refractivity contribution in [2.45, 2.75) is 5.72 Å². The summed E-state index contributed by atoms with van der Waals surface area (Å²) in [6.07, 6.45) is 0. The lowest BCUT2D eigenvalue weighted by Gasteiger charge is -2.31. The second-order valence-electron chi connectivity index (χ2n) is 7.08. The van der Waals surface area contributed by atoms with Crippen molar-refractivity contribution in [3.05, 3.63) is 144 Å². The fourth-order valence-electron chi connectivity index (χ4n) is 3.84. The van der Waals surface area contributed by atoms with Gasteiger partial charge in [0.15, 0.2) is 5.76 Å². The minimum atomic E-state index is -0.793. The van der Waals surface area contributed by atoms with Crippen molar-refractivity contribution < 1.29 is 4.74 Å². The molecule has 4 aromatic rings. The molecule has 1 heterocycles.